The van der Waals surface area contributed by atoms with Gasteiger partial charge in [-0.25, -0.2) is 0 Å². The minimum atomic E-state index is -4.00. The van der Waals surface area contributed by atoms with Gasteiger partial charge in [0.05, 0.1) is 13.3 Å². The molecule has 0 aliphatic carbocycles. The molecule has 0 aliphatic heterocycles. The third kappa shape index (κ3) is 6.43. The maximum absolute atomic E-state index is 12.7. The summed E-state index contributed by atoms with van der Waals surface area (Å²) in [5.41, 5.74) is 4.82. The minimum absolute atomic E-state index is 0.0931. The Morgan fingerprint density at radius 2 is 1.86 bits per heavy atom. The second-order valence-corrected chi connectivity index (χ2v) is 8.64. The third-order valence-corrected chi connectivity index (χ3v) is 5.39. The van der Waals surface area contributed by atoms with Crippen LogP contribution in [0.5, 0.6) is 11.5 Å². The Bertz CT molecular complexity index is 1020. The summed E-state index contributed by atoms with van der Waals surface area (Å²) in [5.74, 6) is 0.362. The molecule has 0 atom stereocenters. The molecule has 2 aromatic carbocycles. The van der Waals surface area contributed by atoms with Gasteiger partial charge in [-0.2, -0.15) is 13.5 Å². The molecule has 2 N–H and O–H groups in total. The number of methoxy groups -OCH3 is 1. The zero-order valence-electron chi connectivity index (χ0n) is 17.0. The highest BCUT2D eigenvalue weighted by Gasteiger charge is 2.21. The van der Waals surface area contributed by atoms with Crippen LogP contribution in [-0.2, 0) is 10.1 Å². The lowest BCUT2D eigenvalue weighted by atomic mass is 10.2. The molecule has 0 saturated heterocycles. The van der Waals surface area contributed by atoms with E-state index in [0.717, 1.165) is 5.56 Å². The number of aryl methyl sites for hydroxylation is 2. The van der Waals surface area contributed by atoms with Gasteiger partial charge in [-0.3, -0.25) is 5.43 Å². The van der Waals surface area contributed by atoms with Crippen LogP contribution in [0.1, 0.15) is 30.5 Å². The molecule has 156 valence electrons. The number of rotatable bonds is 7. The molecule has 0 radical (unpaired) electrons. The van der Waals surface area contributed by atoms with E-state index in [1.807, 2.05) is 26.8 Å². The highest BCUT2D eigenvalue weighted by atomic mass is 32.2. The topological polar surface area (TPSA) is 89.0 Å². The number of nitrogens with one attached hydrogen (secondary N) is 2. The normalized spacial score (nSPS) is 11.5. The fourth-order valence-corrected chi connectivity index (χ4v) is 3.98. The number of hydrogen-bond acceptors (Lipinski definition) is 6. The standard InChI is InChI=1S/C20H25N3O4S2/c1-13(2)22-20(28)23-21-12-16-8-9-17(18(11-16)26-5)27-29(24,25)19-10-14(3)6-7-15(19)4/h6-13H,1-5H3,(H2,22,23,28). The lowest BCUT2D eigenvalue weighted by molar-refractivity contribution is 0.390. The molecule has 0 aliphatic rings. The molecule has 0 unspecified atom stereocenters. The predicted octanol–water partition coefficient (Wildman–Crippen LogP) is 3.29. The van der Waals surface area contributed by atoms with Gasteiger partial charge >= 0.3 is 10.1 Å². The van der Waals surface area contributed by atoms with Crippen molar-refractivity contribution in [2.45, 2.75) is 38.6 Å². The van der Waals surface area contributed by atoms with E-state index in [2.05, 4.69) is 15.8 Å². The highest BCUT2D eigenvalue weighted by Crippen LogP contribution is 2.31. The summed E-state index contributed by atoms with van der Waals surface area (Å²) in [6.45, 7) is 7.47. The first-order valence-corrected chi connectivity index (χ1v) is 10.7. The molecule has 2 aromatic rings. The monoisotopic (exact) mass is 435 g/mol. The number of benzene rings is 2. The van der Waals surface area contributed by atoms with Gasteiger partial charge in [0.2, 0.25) is 0 Å². The average molecular weight is 436 g/mol. The molecule has 0 bridgehead atoms. The number of thiocarbonyl (C=S) groups is 1. The van der Waals surface area contributed by atoms with Crippen molar-refractivity contribution in [2.75, 3.05) is 7.11 Å². The summed E-state index contributed by atoms with van der Waals surface area (Å²) < 4.78 is 36.1. The number of nitrogens with zero attached hydrogens (tertiary/aromatic N) is 1. The smallest absolute Gasteiger partial charge is 0.339 e. The van der Waals surface area contributed by atoms with Gasteiger partial charge in [0.15, 0.2) is 16.6 Å². The molecule has 0 saturated carbocycles. The van der Waals surface area contributed by atoms with E-state index in [4.69, 9.17) is 21.1 Å². The number of hydrazone groups is 1. The van der Waals surface area contributed by atoms with E-state index in [1.54, 1.807) is 37.4 Å². The maximum atomic E-state index is 12.7. The van der Waals surface area contributed by atoms with Crippen molar-refractivity contribution in [1.29, 1.82) is 0 Å². The molecule has 0 heterocycles. The molecule has 2 rings (SSSR count). The highest BCUT2D eigenvalue weighted by molar-refractivity contribution is 7.87. The van der Waals surface area contributed by atoms with E-state index in [9.17, 15) is 8.42 Å². The van der Waals surface area contributed by atoms with E-state index >= 15 is 0 Å². The van der Waals surface area contributed by atoms with Crippen LogP contribution in [0.15, 0.2) is 46.4 Å². The summed E-state index contributed by atoms with van der Waals surface area (Å²) in [6, 6.07) is 10.2. The SMILES string of the molecule is COc1cc(C=NNC(=S)NC(C)C)ccc1OS(=O)(=O)c1cc(C)ccc1C. The third-order valence-electron chi connectivity index (χ3n) is 3.80. The summed E-state index contributed by atoms with van der Waals surface area (Å²) in [7, 11) is -2.56. The second kappa shape index (κ2) is 9.71. The first-order chi connectivity index (χ1) is 13.6. The van der Waals surface area contributed by atoms with E-state index in [0.29, 0.717) is 16.2 Å². The van der Waals surface area contributed by atoms with Crippen molar-refractivity contribution in [3.05, 3.63) is 53.1 Å². The Labute approximate surface area is 177 Å². The first-order valence-electron chi connectivity index (χ1n) is 8.91. The van der Waals surface area contributed by atoms with Crippen LogP contribution in [0, 0.1) is 13.8 Å². The predicted molar refractivity (Wildman–Crippen MR) is 118 cm³/mol. The zero-order valence-corrected chi connectivity index (χ0v) is 18.6. The van der Waals surface area contributed by atoms with Gasteiger partial charge in [0, 0.05) is 6.04 Å². The molecule has 0 spiro atoms. The molecule has 7 nitrogen and oxygen atoms in total. The first kappa shape index (κ1) is 22.6. The fraction of sp³-hybridized carbons (Fsp3) is 0.300. The van der Waals surface area contributed by atoms with Crippen molar-refractivity contribution in [1.82, 2.24) is 10.7 Å². The molecule has 0 fully saturated rings. The van der Waals surface area contributed by atoms with Crippen LogP contribution in [0.2, 0.25) is 0 Å². The van der Waals surface area contributed by atoms with E-state index < -0.39 is 10.1 Å². The fourth-order valence-electron chi connectivity index (χ4n) is 2.43. The summed E-state index contributed by atoms with van der Waals surface area (Å²) in [5, 5.41) is 7.46. The number of ether oxygens (including phenoxy) is 1. The molecular weight excluding hydrogens is 410 g/mol. The quantitative estimate of drug-likeness (QED) is 0.299. The van der Waals surface area contributed by atoms with Crippen molar-refractivity contribution >= 4 is 33.7 Å². The molecule has 29 heavy (non-hydrogen) atoms. The Morgan fingerprint density at radius 3 is 2.52 bits per heavy atom. The lowest BCUT2D eigenvalue weighted by Gasteiger charge is -2.13. The van der Waals surface area contributed by atoms with Crippen LogP contribution in [0.3, 0.4) is 0 Å². The van der Waals surface area contributed by atoms with Crippen molar-refractivity contribution in [3.8, 4) is 11.5 Å². The molecule has 0 aromatic heterocycles. The number of hydrogen-bond donors (Lipinski definition) is 2. The van der Waals surface area contributed by atoms with E-state index in [1.165, 1.54) is 13.2 Å². The second-order valence-electron chi connectivity index (χ2n) is 6.71. The Morgan fingerprint density at radius 1 is 1.14 bits per heavy atom. The van der Waals surface area contributed by atoms with Crippen LogP contribution >= 0.6 is 12.2 Å². The molecule has 9 heteroatoms. The average Bonchev–Trinajstić information content (AvgIpc) is 2.63. The van der Waals surface area contributed by atoms with Crippen LogP contribution in [-0.4, -0.2) is 32.9 Å². The van der Waals surface area contributed by atoms with Crippen LogP contribution in [0.4, 0.5) is 0 Å². The van der Waals surface area contributed by atoms with E-state index in [-0.39, 0.29) is 22.4 Å². The minimum Gasteiger partial charge on any atom is -0.493 e. The van der Waals surface area contributed by atoms with Crippen molar-refractivity contribution in [3.63, 3.8) is 0 Å². The van der Waals surface area contributed by atoms with Crippen LogP contribution < -0.4 is 19.7 Å². The summed E-state index contributed by atoms with van der Waals surface area (Å²) in [6.07, 6.45) is 1.54. The Balaban J connectivity index is 2.20. The molecular formula is C20H25N3O4S2. The molecule has 0 amide bonds. The van der Waals surface area contributed by atoms with Gasteiger partial charge in [0.25, 0.3) is 0 Å². The maximum Gasteiger partial charge on any atom is 0.339 e. The summed E-state index contributed by atoms with van der Waals surface area (Å²) >= 11 is 5.09. The van der Waals surface area contributed by atoms with Gasteiger partial charge in [0.1, 0.15) is 4.90 Å². The Hall–Kier alpha value is -2.65. The van der Waals surface area contributed by atoms with Gasteiger partial charge < -0.3 is 14.2 Å². The van der Waals surface area contributed by atoms with Gasteiger partial charge in [-0.05, 0) is 80.9 Å². The van der Waals surface area contributed by atoms with Crippen molar-refractivity contribution in [2.24, 2.45) is 5.10 Å². The Kier molecular flexibility index (Phi) is 7.58. The van der Waals surface area contributed by atoms with Gasteiger partial charge in [-0.1, -0.05) is 12.1 Å². The summed E-state index contributed by atoms with van der Waals surface area (Å²) in [4.78, 5) is 0.126. The zero-order chi connectivity index (χ0) is 21.6. The largest absolute Gasteiger partial charge is 0.493 e. The lowest BCUT2D eigenvalue weighted by Crippen LogP contribution is -2.36. The van der Waals surface area contributed by atoms with Gasteiger partial charge in [-0.15, -0.1) is 0 Å². The van der Waals surface area contributed by atoms with Crippen molar-refractivity contribution < 1.29 is 17.3 Å². The van der Waals surface area contributed by atoms with Crippen LogP contribution in [0.25, 0.3) is 0 Å².